The van der Waals surface area contributed by atoms with E-state index in [2.05, 4.69) is 39.2 Å². The number of benzene rings is 2. The number of para-hydroxylation sites is 1. The number of carbonyl (C=O) groups is 1. The molecule has 1 aliphatic rings. The van der Waals surface area contributed by atoms with Crippen LogP contribution in [0.25, 0.3) is 0 Å². The summed E-state index contributed by atoms with van der Waals surface area (Å²) in [7, 11) is 0. The zero-order chi connectivity index (χ0) is 19.7. The van der Waals surface area contributed by atoms with Crippen LogP contribution >= 0.6 is 0 Å². The third-order valence-corrected chi connectivity index (χ3v) is 4.86. The van der Waals surface area contributed by atoms with Crippen molar-refractivity contribution < 1.29 is 9.18 Å². The maximum atomic E-state index is 13.0. The van der Waals surface area contributed by atoms with Gasteiger partial charge in [0.25, 0.3) is 5.91 Å². The first-order valence-electron chi connectivity index (χ1n) is 9.27. The molecule has 5 nitrogen and oxygen atoms in total. The molecule has 2 aromatic carbocycles. The number of hydrogen-bond acceptors (Lipinski definition) is 4. The standard InChI is InChI=1S/C22H21FN4O/c1-14-11-19(21(28)24-13-16-7-9-18(23)10-8-16)26-22(25-14)27-15(2)12-17-5-3-4-6-20(17)27/h3-11,15H,12-13H2,1-2H3,(H,24,28). The molecule has 0 spiro atoms. The smallest absolute Gasteiger partial charge is 0.270 e. The molecule has 1 unspecified atom stereocenters. The van der Waals surface area contributed by atoms with Crippen molar-refractivity contribution in [2.75, 3.05) is 4.90 Å². The van der Waals surface area contributed by atoms with Crippen LogP contribution in [-0.4, -0.2) is 21.9 Å². The van der Waals surface area contributed by atoms with Gasteiger partial charge < -0.3 is 10.2 Å². The number of anilines is 2. The topological polar surface area (TPSA) is 58.1 Å². The van der Waals surface area contributed by atoms with Gasteiger partial charge in [-0.1, -0.05) is 30.3 Å². The van der Waals surface area contributed by atoms with Gasteiger partial charge in [0.1, 0.15) is 11.5 Å². The minimum absolute atomic E-state index is 0.217. The van der Waals surface area contributed by atoms with E-state index >= 15 is 0 Å². The third kappa shape index (κ3) is 3.58. The summed E-state index contributed by atoms with van der Waals surface area (Å²) in [5.41, 5.74) is 4.21. The van der Waals surface area contributed by atoms with Gasteiger partial charge in [0.2, 0.25) is 5.95 Å². The number of fused-ring (bicyclic) bond motifs is 1. The summed E-state index contributed by atoms with van der Waals surface area (Å²) in [6, 6.07) is 16.1. The minimum atomic E-state index is -0.300. The average Bonchev–Trinajstić information content (AvgIpc) is 3.02. The molecule has 1 aromatic heterocycles. The first-order chi connectivity index (χ1) is 13.5. The number of amides is 1. The van der Waals surface area contributed by atoms with E-state index in [1.165, 1.54) is 17.7 Å². The van der Waals surface area contributed by atoms with Crippen LogP contribution in [0, 0.1) is 12.7 Å². The molecule has 1 aliphatic heterocycles. The highest BCUT2D eigenvalue weighted by atomic mass is 19.1. The number of carbonyl (C=O) groups excluding carboxylic acids is 1. The second-order valence-electron chi connectivity index (χ2n) is 7.06. The molecule has 6 heteroatoms. The summed E-state index contributed by atoms with van der Waals surface area (Å²) in [5.74, 6) is -0.0493. The van der Waals surface area contributed by atoms with E-state index in [1.807, 2.05) is 19.1 Å². The number of hydrogen-bond donors (Lipinski definition) is 1. The van der Waals surface area contributed by atoms with Crippen LogP contribution in [0.3, 0.4) is 0 Å². The molecule has 0 fully saturated rings. The Morgan fingerprint density at radius 2 is 1.93 bits per heavy atom. The molecule has 0 bridgehead atoms. The van der Waals surface area contributed by atoms with E-state index in [0.717, 1.165) is 23.4 Å². The maximum absolute atomic E-state index is 13.0. The SMILES string of the molecule is Cc1cc(C(=O)NCc2ccc(F)cc2)nc(N2c3ccccc3CC2C)n1. The average molecular weight is 376 g/mol. The molecule has 1 N–H and O–H groups in total. The number of aromatic nitrogens is 2. The van der Waals surface area contributed by atoms with Gasteiger partial charge in [0.15, 0.2) is 0 Å². The van der Waals surface area contributed by atoms with Gasteiger partial charge in [-0.15, -0.1) is 0 Å². The van der Waals surface area contributed by atoms with E-state index in [1.54, 1.807) is 18.2 Å². The Morgan fingerprint density at radius 3 is 2.71 bits per heavy atom. The molecular weight excluding hydrogens is 355 g/mol. The first-order valence-corrected chi connectivity index (χ1v) is 9.27. The fourth-order valence-electron chi connectivity index (χ4n) is 3.52. The predicted octanol–water partition coefficient (Wildman–Crippen LogP) is 3.94. The van der Waals surface area contributed by atoms with Crippen molar-refractivity contribution in [1.82, 2.24) is 15.3 Å². The normalized spacial score (nSPS) is 15.4. The van der Waals surface area contributed by atoms with Gasteiger partial charge in [-0.3, -0.25) is 4.79 Å². The molecule has 3 aromatic rings. The van der Waals surface area contributed by atoms with Gasteiger partial charge in [-0.2, -0.15) is 0 Å². The van der Waals surface area contributed by atoms with Crippen LogP contribution in [0.15, 0.2) is 54.6 Å². The summed E-state index contributed by atoms with van der Waals surface area (Å²) in [5, 5.41) is 2.84. The summed E-state index contributed by atoms with van der Waals surface area (Å²) in [6.45, 7) is 4.29. The summed E-state index contributed by atoms with van der Waals surface area (Å²) < 4.78 is 13.0. The van der Waals surface area contributed by atoms with Crippen molar-refractivity contribution in [3.63, 3.8) is 0 Å². The Morgan fingerprint density at radius 1 is 1.18 bits per heavy atom. The lowest BCUT2D eigenvalue weighted by molar-refractivity contribution is 0.0945. The molecule has 2 heterocycles. The quantitative estimate of drug-likeness (QED) is 0.749. The summed E-state index contributed by atoms with van der Waals surface area (Å²) >= 11 is 0. The predicted molar refractivity (Wildman–Crippen MR) is 106 cm³/mol. The fourth-order valence-corrected chi connectivity index (χ4v) is 3.52. The lowest BCUT2D eigenvalue weighted by Crippen LogP contribution is -2.29. The van der Waals surface area contributed by atoms with Crippen molar-refractivity contribution in [3.8, 4) is 0 Å². The molecule has 4 rings (SSSR count). The highest BCUT2D eigenvalue weighted by molar-refractivity contribution is 5.92. The zero-order valence-corrected chi connectivity index (χ0v) is 15.8. The van der Waals surface area contributed by atoms with Crippen molar-refractivity contribution in [1.29, 1.82) is 0 Å². The van der Waals surface area contributed by atoms with Crippen molar-refractivity contribution in [2.24, 2.45) is 0 Å². The van der Waals surface area contributed by atoms with Crippen LogP contribution < -0.4 is 10.2 Å². The number of aryl methyl sites for hydroxylation is 1. The van der Waals surface area contributed by atoms with Gasteiger partial charge in [0.05, 0.1) is 0 Å². The second-order valence-corrected chi connectivity index (χ2v) is 7.06. The van der Waals surface area contributed by atoms with E-state index in [0.29, 0.717) is 18.2 Å². The fraction of sp³-hybridized carbons (Fsp3) is 0.227. The second kappa shape index (κ2) is 7.38. The molecular formula is C22H21FN4O. The number of nitrogens with zero attached hydrogens (tertiary/aromatic N) is 3. The molecule has 0 saturated heterocycles. The molecule has 1 atom stereocenters. The van der Waals surface area contributed by atoms with Crippen LogP contribution in [-0.2, 0) is 13.0 Å². The van der Waals surface area contributed by atoms with E-state index in [4.69, 9.17) is 0 Å². The maximum Gasteiger partial charge on any atom is 0.270 e. The molecule has 142 valence electrons. The number of nitrogens with one attached hydrogen (secondary N) is 1. The highest BCUT2D eigenvalue weighted by Crippen LogP contribution is 2.36. The Hall–Kier alpha value is -3.28. The Bertz CT molecular complexity index is 1020. The van der Waals surface area contributed by atoms with Gasteiger partial charge in [0, 0.05) is 24.0 Å². The molecule has 0 saturated carbocycles. The lowest BCUT2D eigenvalue weighted by Gasteiger charge is -2.23. The van der Waals surface area contributed by atoms with Crippen LogP contribution in [0.1, 0.15) is 34.2 Å². The third-order valence-electron chi connectivity index (χ3n) is 4.86. The van der Waals surface area contributed by atoms with Crippen molar-refractivity contribution in [3.05, 3.63) is 82.9 Å². The largest absolute Gasteiger partial charge is 0.347 e. The molecule has 0 aliphatic carbocycles. The first kappa shape index (κ1) is 18.1. The van der Waals surface area contributed by atoms with Crippen LogP contribution in [0.5, 0.6) is 0 Å². The number of rotatable bonds is 4. The van der Waals surface area contributed by atoms with E-state index < -0.39 is 0 Å². The Labute approximate surface area is 163 Å². The van der Waals surface area contributed by atoms with Gasteiger partial charge in [-0.25, -0.2) is 14.4 Å². The molecule has 1 amide bonds. The summed E-state index contributed by atoms with van der Waals surface area (Å²) in [6.07, 6.45) is 0.916. The highest BCUT2D eigenvalue weighted by Gasteiger charge is 2.29. The van der Waals surface area contributed by atoms with Crippen LogP contribution in [0.4, 0.5) is 16.0 Å². The van der Waals surface area contributed by atoms with Crippen molar-refractivity contribution in [2.45, 2.75) is 32.9 Å². The summed E-state index contributed by atoms with van der Waals surface area (Å²) in [4.78, 5) is 23.8. The minimum Gasteiger partial charge on any atom is -0.347 e. The Kier molecular flexibility index (Phi) is 4.77. The van der Waals surface area contributed by atoms with Gasteiger partial charge >= 0.3 is 0 Å². The van der Waals surface area contributed by atoms with Crippen molar-refractivity contribution >= 4 is 17.5 Å². The van der Waals surface area contributed by atoms with Gasteiger partial charge in [-0.05, 0) is 55.7 Å². The zero-order valence-electron chi connectivity index (χ0n) is 15.8. The lowest BCUT2D eigenvalue weighted by atomic mass is 10.1. The van der Waals surface area contributed by atoms with E-state index in [9.17, 15) is 9.18 Å². The number of halogens is 1. The molecule has 0 radical (unpaired) electrons. The Balaban J connectivity index is 1.57. The monoisotopic (exact) mass is 376 g/mol. The van der Waals surface area contributed by atoms with Crippen LogP contribution in [0.2, 0.25) is 0 Å². The van der Waals surface area contributed by atoms with E-state index in [-0.39, 0.29) is 17.8 Å². The molecule has 28 heavy (non-hydrogen) atoms.